The Balaban J connectivity index is 2.48. The summed E-state index contributed by atoms with van der Waals surface area (Å²) in [6.45, 7) is 1.09. The summed E-state index contributed by atoms with van der Waals surface area (Å²) in [7, 11) is 1.22. The summed E-state index contributed by atoms with van der Waals surface area (Å²) >= 11 is 3.11. The number of benzene rings is 1. The van der Waals surface area contributed by atoms with E-state index in [0.29, 0.717) is 4.47 Å². The first kappa shape index (κ1) is 15.4. The molecule has 0 bridgehead atoms. The van der Waals surface area contributed by atoms with Crippen molar-refractivity contribution in [3.8, 4) is 5.75 Å². The summed E-state index contributed by atoms with van der Waals surface area (Å²) in [5.74, 6) is -1.73. The van der Waals surface area contributed by atoms with Crippen LogP contribution >= 0.6 is 15.9 Å². The van der Waals surface area contributed by atoms with Crippen LogP contribution in [0.4, 0.5) is 4.39 Å². The van der Waals surface area contributed by atoms with Crippen LogP contribution in [-0.2, 0) is 14.3 Å². The van der Waals surface area contributed by atoms with E-state index in [4.69, 9.17) is 4.74 Å². The van der Waals surface area contributed by atoms with Crippen LogP contribution in [0.25, 0.3) is 0 Å². The van der Waals surface area contributed by atoms with E-state index in [0.717, 1.165) is 0 Å². The Kier molecular flexibility index (Phi) is 5.75. The maximum absolute atomic E-state index is 13.4. The van der Waals surface area contributed by atoms with Gasteiger partial charge in [-0.15, -0.1) is 0 Å². The minimum Gasteiger partial charge on any atom is -0.481 e. The van der Waals surface area contributed by atoms with E-state index in [1.807, 2.05) is 0 Å². The molecular weight excluding hydrogens is 321 g/mol. The van der Waals surface area contributed by atoms with Gasteiger partial charge in [0, 0.05) is 4.47 Å². The van der Waals surface area contributed by atoms with Crippen molar-refractivity contribution in [3.63, 3.8) is 0 Å². The van der Waals surface area contributed by atoms with Crippen LogP contribution in [0.3, 0.4) is 0 Å². The van der Waals surface area contributed by atoms with Crippen LogP contribution in [0, 0.1) is 5.82 Å². The summed E-state index contributed by atoms with van der Waals surface area (Å²) < 4.78 is 23.4. The van der Waals surface area contributed by atoms with Crippen LogP contribution < -0.4 is 10.1 Å². The van der Waals surface area contributed by atoms with Crippen molar-refractivity contribution in [2.24, 2.45) is 0 Å². The van der Waals surface area contributed by atoms with E-state index in [2.05, 4.69) is 26.0 Å². The highest BCUT2D eigenvalue weighted by Gasteiger charge is 2.16. The predicted molar refractivity (Wildman–Crippen MR) is 69.2 cm³/mol. The number of amides is 1. The van der Waals surface area contributed by atoms with Crippen molar-refractivity contribution >= 4 is 27.8 Å². The summed E-state index contributed by atoms with van der Waals surface area (Å²) in [4.78, 5) is 22.5. The number of halogens is 2. The number of esters is 1. The molecule has 0 aromatic heterocycles. The molecule has 0 spiro atoms. The van der Waals surface area contributed by atoms with E-state index in [1.54, 1.807) is 6.07 Å². The molecule has 0 saturated carbocycles. The standard InChI is InChI=1S/C12H13BrFNO4/c1-7(12(17)18-2)15-11(16)6-19-10-4-3-8(13)5-9(10)14/h3-5,7H,6H2,1-2H3,(H,15,16)/t7-/m0/s1. The second-order valence-corrected chi connectivity index (χ2v) is 4.59. The van der Waals surface area contributed by atoms with Crippen molar-refractivity contribution in [1.29, 1.82) is 0 Å². The van der Waals surface area contributed by atoms with Gasteiger partial charge in [0.25, 0.3) is 5.91 Å². The molecule has 5 nitrogen and oxygen atoms in total. The smallest absolute Gasteiger partial charge is 0.328 e. The van der Waals surface area contributed by atoms with Gasteiger partial charge < -0.3 is 14.8 Å². The van der Waals surface area contributed by atoms with Gasteiger partial charge >= 0.3 is 5.97 Å². The fraction of sp³-hybridized carbons (Fsp3) is 0.333. The van der Waals surface area contributed by atoms with Gasteiger partial charge in [-0.1, -0.05) is 15.9 Å². The summed E-state index contributed by atoms with van der Waals surface area (Å²) in [6, 6.07) is 3.43. The molecule has 0 heterocycles. The number of carbonyl (C=O) groups is 2. The first-order chi connectivity index (χ1) is 8.93. The number of ether oxygens (including phenoxy) is 2. The van der Waals surface area contributed by atoms with Crippen molar-refractivity contribution < 1.29 is 23.5 Å². The maximum Gasteiger partial charge on any atom is 0.328 e. The molecule has 0 saturated heterocycles. The average Bonchev–Trinajstić information content (AvgIpc) is 2.36. The lowest BCUT2D eigenvalue weighted by atomic mass is 10.3. The van der Waals surface area contributed by atoms with Crippen LogP contribution in [-0.4, -0.2) is 31.6 Å². The van der Waals surface area contributed by atoms with E-state index in [1.165, 1.54) is 26.2 Å². The van der Waals surface area contributed by atoms with Gasteiger partial charge in [-0.25, -0.2) is 9.18 Å². The lowest BCUT2D eigenvalue weighted by molar-refractivity contribution is -0.144. The molecule has 1 N–H and O–H groups in total. The quantitative estimate of drug-likeness (QED) is 0.832. The minimum absolute atomic E-state index is 0.0379. The summed E-state index contributed by atoms with van der Waals surface area (Å²) in [6.07, 6.45) is 0. The highest BCUT2D eigenvalue weighted by molar-refractivity contribution is 9.10. The average molecular weight is 334 g/mol. The van der Waals surface area contributed by atoms with E-state index in [9.17, 15) is 14.0 Å². The monoisotopic (exact) mass is 333 g/mol. The SMILES string of the molecule is COC(=O)[C@H](C)NC(=O)COc1ccc(Br)cc1F. The van der Waals surface area contributed by atoms with Gasteiger partial charge in [0.2, 0.25) is 0 Å². The Morgan fingerprint density at radius 2 is 2.16 bits per heavy atom. The molecule has 1 amide bonds. The number of carbonyl (C=O) groups excluding carboxylic acids is 2. The molecule has 0 unspecified atom stereocenters. The highest BCUT2D eigenvalue weighted by Crippen LogP contribution is 2.21. The zero-order valence-corrected chi connectivity index (χ0v) is 12.0. The number of hydrogen-bond acceptors (Lipinski definition) is 4. The topological polar surface area (TPSA) is 64.6 Å². The summed E-state index contributed by atoms with van der Waals surface area (Å²) in [5, 5.41) is 2.36. The Labute approximate surface area is 118 Å². The van der Waals surface area contributed by atoms with Crippen molar-refractivity contribution in [2.45, 2.75) is 13.0 Å². The number of methoxy groups -OCH3 is 1. The molecule has 0 radical (unpaired) electrons. The third-order valence-corrected chi connectivity index (χ3v) is 2.68. The van der Waals surface area contributed by atoms with Gasteiger partial charge in [-0.3, -0.25) is 4.79 Å². The van der Waals surface area contributed by atoms with Crippen LogP contribution in [0.5, 0.6) is 5.75 Å². The zero-order chi connectivity index (χ0) is 14.4. The number of nitrogens with one attached hydrogen (secondary N) is 1. The molecule has 0 aliphatic heterocycles. The molecule has 0 aliphatic rings. The van der Waals surface area contributed by atoms with Crippen LogP contribution in [0.1, 0.15) is 6.92 Å². The molecule has 1 rings (SSSR count). The van der Waals surface area contributed by atoms with Gasteiger partial charge in [-0.05, 0) is 25.1 Å². The van der Waals surface area contributed by atoms with E-state index < -0.39 is 23.7 Å². The molecule has 1 atom stereocenters. The van der Waals surface area contributed by atoms with E-state index >= 15 is 0 Å². The van der Waals surface area contributed by atoms with Gasteiger partial charge in [-0.2, -0.15) is 0 Å². The second-order valence-electron chi connectivity index (χ2n) is 3.68. The second kappa shape index (κ2) is 7.08. The highest BCUT2D eigenvalue weighted by atomic mass is 79.9. The van der Waals surface area contributed by atoms with Crippen LogP contribution in [0.2, 0.25) is 0 Å². The minimum atomic E-state index is -0.782. The van der Waals surface area contributed by atoms with Crippen molar-refractivity contribution in [1.82, 2.24) is 5.32 Å². The first-order valence-electron chi connectivity index (χ1n) is 5.39. The molecule has 1 aromatic carbocycles. The molecule has 7 heteroatoms. The largest absolute Gasteiger partial charge is 0.481 e. The Bertz CT molecular complexity index is 481. The molecule has 0 fully saturated rings. The third-order valence-electron chi connectivity index (χ3n) is 2.18. The van der Waals surface area contributed by atoms with Gasteiger partial charge in [0.05, 0.1) is 7.11 Å². The summed E-state index contributed by atoms with van der Waals surface area (Å²) in [5.41, 5.74) is 0. The van der Waals surface area contributed by atoms with Crippen LogP contribution in [0.15, 0.2) is 22.7 Å². The van der Waals surface area contributed by atoms with Gasteiger partial charge in [0.1, 0.15) is 6.04 Å². The normalized spacial score (nSPS) is 11.6. The fourth-order valence-corrected chi connectivity index (χ4v) is 1.59. The molecule has 1 aromatic rings. The first-order valence-corrected chi connectivity index (χ1v) is 6.18. The fourth-order valence-electron chi connectivity index (χ4n) is 1.25. The number of rotatable bonds is 5. The number of hydrogen-bond donors (Lipinski definition) is 1. The molecule has 104 valence electrons. The molecular formula is C12H13BrFNO4. The van der Waals surface area contributed by atoms with Gasteiger partial charge in [0.15, 0.2) is 18.2 Å². The third kappa shape index (κ3) is 4.86. The molecule has 19 heavy (non-hydrogen) atoms. The maximum atomic E-state index is 13.4. The Hall–Kier alpha value is -1.63. The Morgan fingerprint density at radius 1 is 1.47 bits per heavy atom. The lowest BCUT2D eigenvalue weighted by Gasteiger charge is -2.12. The lowest BCUT2D eigenvalue weighted by Crippen LogP contribution is -2.41. The molecule has 0 aliphatic carbocycles. The van der Waals surface area contributed by atoms with E-state index in [-0.39, 0.29) is 12.4 Å². The van der Waals surface area contributed by atoms with Crippen molar-refractivity contribution in [3.05, 3.63) is 28.5 Å². The zero-order valence-electron chi connectivity index (χ0n) is 10.4. The van der Waals surface area contributed by atoms with Crippen molar-refractivity contribution in [2.75, 3.05) is 13.7 Å². The Morgan fingerprint density at radius 3 is 2.74 bits per heavy atom. The predicted octanol–water partition coefficient (Wildman–Crippen LogP) is 1.64.